The molecular weight excluding hydrogens is 216 g/mol. The third-order valence-electron chi connectivity index (χ3n) is 2.65. The first-order valence-electron chi connectivity index (χ1n) is 4.78. The van der Waals surface area contributed by atoms with E-state index < -0.39 is 30.4 Å². The summed E-state index contributed by atoms with van der Waals surface area (Å²) in [5, 5.41) is 7.59. The number of carbonyl (C=O) groups excluding carboxylic acids is 3. The Hall–Kier alpha value is -1.99. The van der Waals surface area contributed by atoms with Gasteiger partial charge in [0, 0.05) is 0 Å². The lowest BCUT2D eigenvalue weighted by Gasteiger charge is -2.25. The highest BCUT2D eigenvalue weighted by atomic mass is 16.5. The predicted molar refractivity (Wildman–Crippen MR) is 51.1 cm³/mol. The standard InChI is InChI=1S/C8H12N4O4/c1-3(6(13)16-2)12-5-4(10-8(12)15)9-7(14)11-5/h3-5H,1-2H3,(H,10,15)(H2,9,11,14)/t3-,4+,5+/m1/s1. The minimum atomic E-state index is -0.750. The molecule has 3 atom stereocenters. The molecule has 0 saturated carbocycles. The fourth-order valence-corrected chi connectivity index (χ4v) is 1.86. The van der Waals surface area contributed by atoms with Crippen LogP contribution in [0.5, 0.6) is 0 Å². The van der Waals surface area contributed by atoms with Crippen molar-refractivity contribution in [3.05, 3.63) is 0 Å². The van der Waals surface area contributed by atoms with Gasteiger partial charge in [0.25, 0.3) is 0 Å². The second-order valence-corrected chi connectivity index (χ2v) is 3.60. The average molecular weight is 228 g/mol. The molecule has 0 spiro atoms. The van der Waals surface area contributed by atoms with Crippen LogP contribution in [-0.4, -0.2) is 48.4 Å². The van der Waals surface area contributed by atoms with Crippen molar-refractivity contribution in [2.45, 2.75) is 25.3 Å². The number of nitrogens with zero attached hydrogens (tertiary/aromatic N) is 1. The van der Waals surface area contributed by atoms with Crippen molar-refractivity contribution in [2.24, 2.45) is 0 Å². The van der Waals surface area contributed by atoms with Gasteiger partial charge in [-0.25, -0.2) is 14.4 Å². The smallest absolute Gasteiger partial charge is 0.328 e. The monoisotopic (exact) mass is 228 g/mol. The molecule has 0 radical (unpaired) electrons. The van der Waals surface area contributed by atoms with Crippen LogP contribution in [0.2, 0.25) is 0 Å². The molecule has 8 nitrogen and oxygen atoms in total. The van der Waals surface area contributed by atoms with Gasteiger partial charge in [0.1, 0.15) is 18.4 Å². The molecule has 16 heavy (non-hydrogen) atoms. The van der Waals surface area contributed by atoms with E-state index in [0.717, 1.165) is 0 Å². The highest BCUT2D eigenvalue weighted by Gasteiger charge is 2.48. The summed E-state index contributed by atoms with van der Waals surface area (Å²) < 4.78 is 4.55. The number of carbonyl (C=O) groups is 3. The van der Waals surface area contributed by atoms with Crippen LogP contribution in [0.25, 0.3) is 0 Å². The fourth-order valence-electron chi connectivity index (χ4n) is 1.86. The van der Waals surface area contributed by atoms with E-state index in [1.165, 1.54) is 18.9 Å². The zero-order valence-corrected chi connectivity index (χ0v) is 8.81. The molecule has 0 aromatic rings. The van der Waals surface area contributed by atoms with Crippen molar-refractivity contribution >= 4 is 18.0 Å². The van der Waals surface area contributed by atoms with Crippen molar-refractivity contribution in [1.29, 1.82) is 0 Å². The molecule has 3 N–H and O–H groups in total. The van der Waals surface area contributed by atoms with Crippen LogP contribution in [0.15, 0.2) is 0 Å². The molecule has 2 saturated heterocycles. The Balaban J connectivity index is 2.17. The topological polar surface area (TPSA) is 99.8 Å². The minimum absolute atomic E-state index is 0.378. The summed E-state index contributed by atoms with van der Waals surface area (Å²) in [6.07, 6.45) is -1.07. The van der Waals surface area contributed by atoms with Crippen molar-refractivity contribution < 1.29 is 19.1 Å². The van der Waals surface area contributed by atoms with Crippen molar-refractivity contribution in [3.8, 4) is 0 Å². The zero-order chi connectivity index (χ0) is 11.9. The van der Waals surface area contributed by atoms with Crippen molar-refractivity contribution in [3.63, 3.8) is 0 Å². The van der Waals surface area contributed by atoms with E-state index in [1.807, 2.05) is 0 Å². The summed E-state index contributed by atoms with van der Waals surface area (Å²) in [5.74, 6) is -0.531. The molecule has 0 unspecified atom stereocenters. The van der Waals surface area contributed by atoms with Gasteiger partial charge in [-0.1, -0.05) is 0 Å². The first kappa shape index (κ1) is 10.5. The van der Waals surface area contributed by atoms with Gasteiger partial charge in [0.2, 0.25) is 0 Å². The Bertz CT molecular complexity index is 358. The highest BCUT2D eigenvalue weighted by molar-refractivity contribution is 5.88. The van der Waals surface area contributed by atoms with Gasteiger partial charge >= 0.3 is 18.0 Å². The molecule has 4 amide bonds. The number of methoxy groups -OCH3 is 1. The summed E-state index contributed by atoms with van der Waals surface area (Å²) in [5.41, 5.74) is 0. The number of rotatable bonds is 2. The van der Waals surface area contributed by atoms with Crippen LogP contribution in [0.3, 0.4) is 0 Å². The number of ether oxygens (including phenoxy) is 1. The van der Waals surface area contributed by atoms with Gasteiger partial charge in [0.15, 0.2) is 0 Å². The summed E-state index contributed by atoms with van der Waals surface area (Å²) in [7, 11) is 1.25. The number of amides is 4. The van der Waals surface area contributed by atoms with E-state index in [-0.39, 0.29) is 6.03 Å². The second kappa shape index (κ2) is 3.54. The molecule has 2 aliphatic heterocycles. The summed E-state index contributed by atoms with van der Waals surface area (Å²) in [6.45, 7) is 1.54. The number of hydrogen-bond donors (Lipinski definition) is 3. The lowest BCUT2D eigenvalue weighted by atomic mass is 10.2. The Morgan fingerprint density at radius 2 is 2.06 bits per heavy atom. The van der Waals surface area contributed by atoms with E-state index >= 15 is 0 Å². The van der Waals surface area contributed by atoms with Gasteiger partial charge in [-0.3, -0.25) is 4.90 Å². The Morgan fingerprint density at radius 1 is 1.38 bits per heavy atom. The predicted octanol–water partition coefficient (Wildman–Crippen LogP) is -1.46. The number of nitrogens with one attached hydrogen (secondary N) is 3. The van der Waals surface area contributed by atoms with E-state index in [4.69, 9.17) is 0 Å². The Kier molecular flexibility index (Phi) is 2.33. The molecule has 2 rings (SSSR count). The van der Waals surface area contributed by atoms with E-state index in [2.05, 4.69) is 20.7 Å². The van der Waals surface area contributed by atoms with Crippen LogP contribution >= 0.6 is 0 Å². The Morgan fingerprint density at radius 3 is 2.69 bits per heavy atom. The second-order valence-electron chi connectivity index (χ2n) is 3.60. The quantitative estimate of drug-likeness (QED) is 0.503. The number of urea groups is 2. The molecular formula is C8H12N4O4. The number of fused-ring (bicyclic) bond motifs is 1. The maximum atomic E-state index is 11.6. The molecule has 8 heteroatoms. The van der Waals surface area contributed by atoms with Crippen LogP contribution in [-0.2, 0) is 9.53 Å². The highest BCUT2D eigenvalue weighted by Crippen LogP contribution is 2.17. The summed E-state index contributed by atoms with van der Waals surface area (Å²) in [6, 6.07) is -1.54. The molecule has 2 heterocycles. The number of hydrogen-bond acceptors (Lipinski definition) is 4. The third-order valence-corrected chi connectivity index (χ3v) is 2.65. The molecule has 0 bridgehead atoms. The van der Waals surface area contributed by atoms with Crippen LogP contribution < -0.4 is 16.0 Å². The van der Waals surface area contributed by atoms with Gasteiger partial charge in [-0.15, -0.1) is 0 Å². The molecule has 0 aromatic heterocycles. The maximum Gasteiger partial charge on any atom is 0.328 e. The van der Waals surface area contributed by atoms with Gasteiger partial charge in [-0.2, -0.15) is 0 Å². The largest absolute Gasteiger partial charge is 0.467 e. The molecule has 88 valence electrons. The maximum absolute atomic E-state index is 11.6. The van der Waals surface area contributed by atoms with Crippen LogP contribution in [0, 0.1) is 0 Å². The molecule has 2 aliphatic rings. The van der Waals surface area contributed by atoms with Crippen LogP contribution in [0.1, 0.15) is 6.92 Å². The normalized spacial score (nSPS) is 29.0. The lowest BCUT2D eigenvalue weighted by Crippen LogP contribution is -2.51. The van der Waals surface area contributed by atoms with Crippen molar-refractivity contribution in [1.82, 2.24) is 20.9 Å². The zero-order valence-electron chi connectivity index (χ0n) is 8.81. The third kappa shape index (κ3) is 1.42. The molecule has 0 aromatic carbocycles. The van der Waals surface area contributed by atoms with Gasteiger partial charge in [-0.05, 0) is 6.92 Å². The molecule has 0 aliphatic carbocycles. The van der Waals surface area contributed by atoms with E-state index in [0.29, 0.717) is 0 Å². The Labute approximate surface area is 91.3 Å². The average Bonchev–Trinajstić information content (AvgIpc) is 2.70. The fraction of sp³-hybridized carbons (Fsp3) is 0.625. The van der Waals surface area contributed by atoms with Crippen molar-refractivity contribution in [2.75, 3.05) is 7.11 Å². The SMILES string of the molecule is COC(=O)[C@@H](C)N1C(=O)N[C@@H]2NC(=O)N[C@H]21. The first-order chi connectivity index (χ1) is 7.54. The lowest BCUT2D eigenvalue weighted by molar-refractivity contribution is -0.145. The molecule has 2 fully saturated rings. The van der Waals surface area contributed by atoms with Gasteiger partial charge < -0.3 is 20.7 Å². The summed E-state index contributed by atoms with van der Waals surface area (Å²) in [4.78, 5) is 35.2. The van der Waals surface area contributed by atoms with Crippen LogP contribution in [0.4, 0.5) is 9.59 Å². The van der Waals surface area contributed by atoms with Gasteiger partial charge in [0.05, 0.1) is 7.11 Å². The van der Waals surface area contributed by atoms with E-state index in [1.54, 1.807) is 0 Å². The summed E-state index contributed by atoms with van der Waals surface area (Å²) >= 11 is 0. The first-order valence-corrected chi connectivity index (χ1v) is 4.78. The van der Waals surface area contributed by atoms with E-state index in [9.17, 15) is 14.4 Å². The minimum Gasteiger partial charge on any atom is -0.467 e. The number of esters is 1.